The molecule has 0 atom stereocenters. The highest BCUT2D eigenvalue weighted by molar-refractivity contribution is 5.69. The molecule has 0 unspecified atom stereocenters. The minimum Gasteiger partial charge on any atom is -0.295 e. The summed E-state index contributed by atoms with van der Waals surface area (Å²) >= 11 is 0. The number of piperidine rings is 1. The number of nitrogens with zero attached hydrogens (tertiary/aromatic N) is 5. The number of nitriles is 2. The molecule has 4 rings (SSSR count). The summed E-state index contributed by atoms with van der Waals surface area (Å²) in [4.78, 5) is 10.8. The Labute approximate surface area is 189 Å². The van der Waals surface area contributed by atoms with Crippen LogP contribution in [0.4, 0.5) is 13.2 Å². The van der Waals surface area contributed by atoms with E-state index in [0.29, 0.717) is 42.9 Å². The maximum Gasteiger partial charge on any atom is 0.401 e. The van der Waals surface area contributed by atoms with Gasteiger partial charge in [0.1, 0.15) is 0 Å². The molecule has 2 aromatic carbocycles. The molecule has 0 amide bonds. The van der Waals surface area contributed by atoms with Crippen molar-refractivity contribution in [1.82, 2.24) is 14.9 Å². The fraction of sp³-hybridized carbons (Fsp3) is 0.280. The maximum atomic E-state index is 12.8. The third-order valence-corrected chi connectivity index (χ3v) is 5.77. The fourth-order valence-corrected chi connectivity index (χ4v) is 4.14. The van der Waals surface area contributed by atoms with E-state index >= 15 is 0 Å². The highest BCUT2D eigenvalue weighted by atomic mass is 19.4. The minimum absolute atomic E-state index is 0.0321. The third kappa shape index (κ3) is 5.36. The average Bonchev–Trinajstić information content (AvgIpc) is 2.83. The van der Waals surface area contributed by atoms with Gasteiger partial charge >= 0.3 is 6.18 Å². The van der Waals surface area contributed by atoms with Gasteiger partial charge in [-0.05, 0) is 67.9 Å². The summed E-state index contributed by atoms with van der Waals surface area (Å²) in [5.41, 5.74) is 4.13. The fourth-order valence-electron chi connectivity index (χ4n) is 4.14. The van der Waals surface area contributed by atoms with Crippen LogP contribution in [0, 0.1) is 22.7 Å². The number of halogens is 3. The summed E-state index contributed by atoms with van der Waals surface area (Å²) in [6.07, 6.45) is -1.41. The molecule has 0 N–H and O–H groups in total. The van der Waals surface area contributed by atoms with E-state index in [2.05, 4.69) is 17.1 Å². The van der Waals surface area contributed by atoms with Crippen LogP contribution in [0.2, 0.25) is 0 Å². The van der Waals surface area contributed by atoms with Crippen LogP contribution in [0.1, 0.15) is 35.6 Å². The summed E-state index contributed by atoms with van der Waals surface area (Å²) in [7, 11) is 0. The van der Waals surface area contributed by atoms with Crippen LogP contribution in [0.25, 0.3) is 22.5 Å². The molecule has 5 nitrogen and oxygen atoms in total. The van der Waals surface area contributed by atoms with Gasteiger partial charge in [-0.15, -0.1) is 0 Å². The predicted molar refractivity (Wildman–Crippen MR) is 117 cm³/mol. The monoisotopic (exact) mass is 447 g/mol. The highest BCUT2D eigenvalue weighted by Crippen LogP contribution is 2.36. The summed E-state index contributed by atoms with van der Waals surface area (Å²) in [6.45, 7) is -0.243. The van der Waals surface area contributed by atoms with Crippen molar-refractivity contribution < 1.29 is 13.2 Å². The van der Waals surface area contributed by atoms with Gasteiger partial charge in [-0.3, -0.25) is 4.90 Å². The second-order valence-corrected chi connectivity index (χ2v) is 8.04. The van der Waals surface area contributed by atoms with Gasteiger partial charge in [-0.2, -0.15) is 23.7 Å². The molecule has 1 aliphatic heterocycles. The summed E-state index contributed by atoms with van der Waals surface area (Å²) < 4.78 is 38.4. The number of likely N-dealkylation sites (tertiary alicyclic amines) is 1. The van der Waals surface area contributed by atoms with E-state index in [0.717, 1.165) is 22.4 Å². The molecule has 1 aliphatic rings. The van der Waals surface area contributed by atoms with E-state index in [1.807, 2.05) is 6.07 Å². The zero-order valence-electron chi connectivity index (χ0n) is 17.7. The SMILES string of the molecule is N#Cc1ccc(-c2ncc(-c3cccc(C#N)c3)c(C3CCN(CC(F)(F)F)CC3)n2)cc1. The Hall–Kier alpha value is -3.75. The molecule has 3 aromatic rings. The molecule has 0 bridgehead atoms. The van der Waals surface area contributed by atoms with Gasteiger partial charge in [0.25, 0.3) is 0 Å². The normalized spacial score (nSPS) is 15.1. The summed E-state index contributed by atoms with van der Waals surface area (Å²) in [6, 6.07) is 18.3. The van der Waals surface area contributed by atoms with Gasteiger partial charge in [-0.1, -0.05) is 12.1 Å². The Bertz CT molecular complexity index is 1210. The van der Waals surface area contributed by atoms with Crippen LogP contribution in [-0.4, -0.2) is 40.7 Å². The topological polar surface area (TPSA) is 76.6 Å². The number of aromatic nitrogens is 2. The Balaban J connectivity index is 1.70. The second-order valence-electron chi connectivity index (χ2n) is 8.04. The first-order valence-corrected chi connectivity index (χ1v) is 10.5. The van der Waals surface area contributed by atoms with Crippen molar-refractivity contribution in [3.8, 4) is 34.7 Å². The Morgan fingerprint density at radius 3 is 2.27 bits per heavy atom. The number of rotatable bonds is 4. The van der Waals surface area contributed by atoms with Gasteiger partial charge in [0.05, 0.1) is 35.5 Å². The van der Waals surface area contributed by atoms with Crippen LogP contribution in [0.15, 0.2) is 54.7 Å². The molecule has 1 aromatic heterocycles. The molecule has 8 heteroatoms. The quantitative estimate of drug-likeness (QED) is 0.543. The van der Waals surface area contributed by atoms with E-state index in [1.165, 1.54) is 4.90 Å². The van der Waals surface area contributed by atoms with Crippen molar-refractivity contribution in [2.24, 2.45) is 0 Å². The molecule has 1 fully saturated rings. The largest absolute Gasteiger partial charge is 0.401 e. The van der Waals surface area contributed by atoms with Crippen LogP contribution < -0.4 is 0 Å². The highest BCUT2D eigenvalue weighted by Gasteiger charge is 2.33. The van der Waals surface area contributed by atoms with Crippen molar-refractivity contribution in [1.29, 1.82) is 10.5 Å². The van der Waals surface area contributed by atoms with Crippen molar-refractivity contribution >= 4 is 0 Å². The number of hydrogen-bond donors (Lipinski definition) is 0. The van der Waals surface area contributed by atoms with Crippen LogP contribution in [0.3, 0.4) is 0 Å². The van der Waals surface area contributed by atoms with Crippen molar-refractivity contribution in [2.45, 2.75) is 24.9 Å². The van der Waals surface area contributed by atoms with Crippen LogP contribution in [0.5, 0.6) is 0 Å². The van der Waals surface area contributed by atoms with Crippen molar-refractivity contribution in [2.75, 3.05) is 19.6 Å². The lowest BCUT2D eigenvalue weighted by Crippen LogP contribution is -2.39. The van der Waals surface area contributed by atoms with Crippen molar-refractivity contribution in [3.05, 3.63) is 71.5 Å². The Morgan fingerprint density at radius 2 is 1.64 bits per heavy atom. The third-order valence-electron chi connectivity index (χ3n) is 5.77. The van der Waals surface area contributed by atoms with E-state index in [4.69, 9.17) is 10.2 Å². The first-order valence-electron chi connectivity index (χ1n) is 10.5. The summed E-state index contributed by atoms with van der Waals surface area (Å²) in [5, 5.41) is 18.3. The second kappa shape index (κ2) is 9.40. The predicted octanol–water partition coefficient (Wildman–Crippen LogP) is 5.30. The van der Waals surface area contributed by atoms with Crippen LogP contribution in [-0.2, 0) is 0 Å². The molecule has 0 radical (unpaired) electrons. The minimum atomic E-state index is -4.21. The lowest BCUT2D eigenvalue weighted by Gasteiger charge is -2.32. The molecular weight excluding hydrogens is 427 g/mol. The lowest BCUT2D eigenvalue weighted by atomic mass is 9.88. The van der Waals surface area contributed by atoms with E-state index in [-0.39, 0.29) is 5.92 Å². The first-order chi connectivity index (χ1) is 15.9. The Kier molecular flexibility index (Phi) is 6.39. The molecular formula is C25H20F3N5. The maximum absolute atomic E-state index is 12.8. The molecule has 166 valence electrons. The number of benzene rings is 2. The lowest BCUT2D eigenvalue weighted by molar-refractivity contribution is -0.147. The molecule has 1 saturated heterocycles. The smallest absolute Gasteiger partial charge is 0.295 e. The number of alkyl halides is 3. The van der Waals surface area contributed by atoms with Gasteiger partial charge in [0.2, 0.25) is 0 Å². The molecule has 33 heavy (non-hydrogen) atoms. The van der Waals surface area contributed by atoms with Crippen LogP contribution >= 0.6 is 0 Å². The van der Waals surface area contributed by atoms with E-state index < -0.39 is 12.7 Å². The number of hydrogen-bond acceptors (Lipinski definition) is 5. The zero-order valence-corrected chi connectivity index (χ0v) is 17.7. The van der Waals surface area contributed by atoms with Gasteiger partial charge in [0, 0.05) is 23.2 Å². The molecule has 2 heterocycles. The zero-order chi connectivity index (χ0) is 23.4. The Morgan fingerprint density at radius 1 is 0.939 bits per heavy atom. The average molecular weight is 447 g/mol. The summed E-state index contributed by atoms with van der Waals surface area (Å²) in [5.74, 6) is 0.461. The molecule has 0 spiro atoms. The molecule has 0 aliphatic carbocycles. The van der Waals surface area contributed by atoms with Gasteiger partial charge in [-0.25, -0.2) is 9.97 Å². The standard InChI is InChI=1S/C25H20F3N5/c26-25(27,28)16-33-10-8-19(9-11-33)23-22(21-3-1-2-18(12-21)14-30)15-31-24(32-23)20-6-4-17(13-29)5-7-20/h1-7,12,15,19H,8-11,16H2. The first kappa shape index (κ1) is 22.4. The van der Waals surface area contributed by atoms with Gasteiger partial charge in [0.15, 0.2) is 5.82 Å². The molecule has 0 saturated carbocycles. The van der Waals surface area contributed by atoms with Gasteiger partial charge < -0.3 is 0 Å². The van der Waals surface area contributed by atoms with E-state index in [1.54, 1.807) is 48.7 Å². The van der Waals surface area contributed by atoms with E-state index in [9.17, 15) is 18.4 Å². The van der Waals surface area contributed by atoms with Crippen molar-refractivity contribution in [3.63, 3.8) is 0 Å².